The number of nitrogens with zero attached hydrogens (tertiary/aromatic N) is 1. The maximum Gasteiger partial charge on any atom is 0.160 e. The number of halogens is 3. The maximum atomic E-state index is 13.6. The molecule has 2 nitrogen and oxygen atoms in total. The summed E-state index contributed by atoms with van der Waals surface area (Å²) in [6, 6.07) is 4.44. The van der Waals surface area contributed by atoms with Gasteiger partial charge in [0.25, 0.3) is 0 Å². The minimum Gasteiger partial charge on any atom is -0.391 e. The quantitative estimate of drug-likeness (QED) is 0.911. The summed E-state index contributed by atoms with van der Waals surface area (Å²) in [6.07, 6.45) is 0. The number of aliphatic hydroxyl groups excluding tert-OH is 1. The first kappa shape index (κ1) is 12.0. The molecule has 0 saturated carbocycles. The van der Waals surface area contributed by atoms with Crippen LogP contribution in [0.15, 0.2) is 22.1 Å². The minimum absolute atomic E-state index is 0.191. The fourth-order valence-corrected chi connectivity index (χ4v) is 3.01. The third kappa shape index (κ3) is 2.13. The monoisotopic (exact) mass is 321 g/mol. The lowest BCUT2D eigenvalue weighted by molar-refractivity contribution is 0.286. The summed E-state index contributed by atoms with van der Waals surface area (Å²) in [5.41, 5.74) is 0.623. The molecule has 1 N–H and O–H groups in total. The topological polar surface area (TPSA) is 33.1 Å². The predicted molar refractivity (Wildman–Crippen MR) is 66.1 cm³/mol. The van der Waals surface area contributed by atoms with Crippen LogP contribution < -0.4 is 0 Å². The smallest absolute Gasteiger partial charge is 0.160 e. The van der Waals surface area contributed by atoms with E-state index in [4.69, 9.17) is 16.7 Å². The van der Waals surface area contributed by atoms with Crippen molar-refractivity contribution >= 4 is 38.9 Å². The van der Waals surface area contributed by atoms with Crippen LogP contribution in [0.25, 0.3) is 11.3 Å². The highest BCUT2D eigenvalue weighted by molar-refractivity contribution is 9.11. The highest BCUT2D eigenvalue weighted by Gasteiger charge is 2.17. The van der Waals surface area contributed by atoms with Gasteiger partial charge in [0, 0.05) is 0 Å². The zero-order valence-corrected chi connectivity index (χ0v) is 11.0. The summed E-state index contributed by atoms with van der Waals surface area (Å²) < 4.78 is 14.2. The molecule has 0 atom stereocenters. The van der Waals surface area contributed by atoms with Crippen molar-refractivity contribution in [2.75, 3.05) is 0 Å². The Kier molecular flexibility index (Phi) is 3.59. The summed E-state index contributed by atoms with van der Waals surface area (Å²) in [6.45, 7) is -0.191. The third-order valence-electron chi connectivity index (χ3n) is 2.01. The van der Waals surface area contributed by atoms with E-state index in [9.17, 15) is 4.39 Å². The first-order chi connectivity index (χ1) is 7.63. The van der Waals surface area contributed by atoms with E-state index in [1.54, 1.807) is 6.07 Å². The van der Waals surface area contributed by atoms with Crippen LogP contribution >= 0.6 is 38.9 Å². The lowest BCUT2D eigenvalue weighted by Crippen LogP contribution is -1.90. The average molecular weight is 323 g/mol. The van der Waals surface area contributed by atoms with Crippen molar-refractivity contribution in [3.05, 3.63) is 37.8 Å². The molecule has 0 fully saturated rings. The number of thiazole rings is 1. The van der Waals surface area contributed by atoms with Gasteiger partial charge >= 0.3 is 0 Å². The highest BCUT2D eigenvalue weighted by Crippen LogP contribution is 2.36. The fourth-order valence-electron chi connectivity index (χ4n) is 1.35. The molecule has 6 heteroatoms. The van der Waals surface area contributed by atoms with E-state index >= 15 is 0 Å². The lowest BCUT2D eigenvalue weighted by atomic mass is 10.1. The summed E-state index contributed by atoms with van der Waals surface area (Å²) in [7, 11) is 0. The lowest BCUT2D eigenvalue weighted by Gasteiger charge is -2.04. The Labute approximate surface area is 109 Å². The number of hydrogen-bond acceptors (Lipinski definition) is 3. The molecule has 0 aliphatic carbocycles. The van der Waals surface area contributed by atoms with Crippen molar-refractivity contribution in [3.63, 3.8) is 0 Å². The van der Waals surface area contributed by atoms with Gasteiger partial charge in [-0.15, -0.1) is 11.3 Å². The van der Waals surface area contributed by atoms with Crippen molar-refractivity contribution in [3.8, 4) is 11.3 Å². The van der Waals surface area contributed by atoms with Crippen molar-refractivity contribution in [1.82, 2.24) is 4.98 Å². The number of hydrogen-bond donors (Lipinski definition) is 1. The zero-order valence-electron chi connectivity index (χ0n) is 7.88. The number of aromatic nitrogens is 1. The molecule has 1 heterocycles. The normalized spacial score (nSPS) is 10.8. The zero-order chi connectivity index (χ0) is 11.7. The molecule has 0 amide bonds. The predicted octanol–water partition coefficient (Wildman–Crippen LogP) is 3.86. The van der Waals surface area contributed by atoms with Crippen LogP contribution in [0.1, 0.15) is 4.88 Å². The van der Waals surface area contributed by atoms with Crippen LogP contribution in [-0.4, -0.2) is 10.1 Å². The molecule has 1 aromatic carbocycles. The molecule has 84 valence electrons. The average Bonchev–Trinajstić information content (AvgIpc) is 2.59. The van der Waals surface area contributed by atoms with E-state index in [-0.39, 0.29) is 17.2 Å². The van der Waals surface area contributed by atoms with E-state index in [1.807, 2.05) is 0 Å². The van der Waals surface area contributed by atoms with Crippen molar-refractivity contribution in [2.45, 2.75) is 6.61 Å². The summed E-state index contributed by atoms with van der Waals surface area (Å²) in [4.78, 5) is 4.71. The van der Waals surface area contributed by atoms with Crippen LogP contribution in [0.5, 0.6) is 0 Å². The second-order valence-corrected chi connectivity index (χ2v) is 5.76. The number of benzene rings is 1. The molecule has 16 heavy (non-hydrogen) atoms. The third-order valence-corrected chi connectivity index (χ3v) is 3.82. The largest absolute Gasteiger partial charge is 0.391 e. The molecule has 0 bridgehead atoms. The van der Waals surface area contributed by atoms with Gasteiger partial charge < -0.3 is 5.11 Å². The van der Waals surface area contributed by atoms with Gasteiger partial charge in [-0.2, -0.15) is 0 Å². The van der Waals surface area contributed by atoms with Gasteiger partial charge in [0.05, 0.1) is 27.8 Å². The molecular formula is C10H6BrClFNOS. The van der Waals surface area contributed by atoms with Crippen molar-refractivity contribution in [1.29, 1.82) is 0 Å². The molecule has 2 rings (SSSR count). The van der Waals surface area contributed by atoms with Gasteiger partial charge in [-0.3, -0.25) is 0 Å². The second kappa shape index (κ2) is 4.79. The van der Waals surface area contributed by atoms with Crippen LogP contribution in [0.3, 0.4) is 0 Å². The molecule has 0 unspecified atom stereocenters. The van der Waals surface area contributed by atoms with E-state index < -0.39 is 5.82 Å². The molecule has 0 aliphatic rings. The summed E-state index contributed by atoms with van der Waals surface area (Å²) >= 11 is 10.4. The Morgan fingerprint density at radius 3 is 2.88 bits per heavy atom. The first-order valence-electron chi connectivity index (χ1n) is 4.34. The summed E-state index contributed by atoms with van der Waals surface area (Å²) in [5.74, 6) is -0.444. The Morgan fingerprint density at radius 1 is 1.50 bits per heavy atom. The van der Waals surface area contributed by atoms with Crippen LogP contribution in [-0.2, 0) is 6.61 Å². The van der Waals surface area contributed by atoms with Crippen LogP contribution in [0, 0.1) is 5.82 Å². The van der Waals surface area contributed by atoms with E-state index in [1.165, 1.54) is 23.5 Å². The van der Waals surface area contributed by atoms with E-state index in [0.717, 1.165) is 0 Å². The molecular weight excluding hydrogens is 317 g/mol. The summed E-state index contributed by atoms with van der Waals surface area (Å²) in [5, 5.41) is 9.44. The van der Waals surface area contributed by atoms with Crippen molar-refractivity contribution < 1.29 is 9.50 Å². The van der Waals surface area contributed by atoms with Gasteiger partial charge in [0.15, 0.2) is 3.92 Å². The van der Waals surface area contributed by atoms with Crippen LogP contribution in [0.4, 0.5) is 4.39 Å². The molecule has 0 radical (unpaired) electrons. The standard InChI is InChI=1S/C10H6BrClFNOS/c11-10-14-9(7(4-15)16-10)8-5(12)2-1-3-6(8)13/h1-3,15H,4H2. The number of rotatable bonds is 2. The Morgan fingerprint density at radius 2 is 2.25 bits per heavy atom. The second-order valence-electron chi connectivity index (χ2n) is 2.99. The minimum atomic E-state index is -0.444. The molecule has 2 aromatic rings. The SMILES string of the molecule is OCc1sc(Br)nc1-c1c(F)cccc1Cl. The fraction of sp³-hybridized carbons (Fsp3) is 0.100. The highest BCUT2D eigenvalue weighted by atomic mass is 79.9. The first-order valence-corrected chi connectivity index (χ1v) is 6.32. The van der Waals surface area contributed by atoms with Gasteiger partial charge in [0.1, 0.15) is 5.82 Å². The Hall–Kier alpha value is -0.490. The van der Waals surface area contributed by atoms with Gasteiger partial charge in [-0.25, -0.2) is 9.37 Å². The number of aliphatic hydroxyl groups is 1. The molecule has 0 aliphatic heterocycles. The van der Waals surface area contributed by atoms with Gasteiger partial charge in [-0.1, -0.05) is 17.7 Å². The molecule has 0 saturated heterocycles. The van der Waals surface area contributed by atoms with E-state index in [2.05, 4.69) is 20.9 Å². The molecule has 0 spiro atoms. The van der Waals surface area contributed by atoms with E-state index in [0.29, 0.717) is 14.5 Å². The Bertz CT molecular complexity index is 511. The van der Waals surface area contributed by atoms with Crippen molar-refractivity contribution in [2.24, 2.45) is 0 Å². The molecule has 1 aromatic heterocycles. The Balaban J connectivity index is 2.66. The maximum absolute atomic E-state index is 13.6. The van der Waals surface area contributed by atoms with Gasteiger partial charge in [0.2, 0.25) is 0 Å². The van der Waals surface area contributed by atoms with Gasteiger partial charge in [-0.05, 0) is 28.1 Å². The van der Waals surface area contributed by atoms with Crippen LogP contribution in [0.2, 0.25) is 5.02 Å².